The Labute approximate surface area is 122 Å². The molecule has 4 nitrogen and oxygen atoms in total. The highest BCUT2D eigenvalue weighted by Gasteiger charge is 2.23. The molecule has 3 aromatic rings. The maximum Gasteiger partial charge on any atom is 0.186 e. The largest absolute Gasteiger partial charge is 0.497 e. The second-order valence-corrected chi connectivity index (χ2v) is 5.35. The summed E-state index contributed by atoms with van der Waals surface area (Å²) in [6, 6.07) is 10.3. The number of aromatic nitrogens is 2. The molecular weight excluding hydrogens is 264 g/mol. The van der Waals surface area contributed by atoms with E-state index in [0.29, 0.717) is 0 Å². The van der Waals surface area contributed by atoms with Crippen LogP contribution in [0.1, 0.15) is 16.7 Å². The van der Waals surface area contributed by atoms with Gasteiger partial charge in [0.15, 0.2) is 5.76 Å². The van der Waals surface area contributed by atoms with Crippen LogP contribution in [0, 0.1) is 0 Å². The smallest absolute Gasteiger partial charge is 0.186 e. The average Bonchev–Trinajstić information content (AvgIpc) is 3.13. The Balaban J connectivity index is 1.73. The highest BCUT2D eigenvalue weighted by molar-refractivity contribution is 5.64. The third-order valence-corrected chi connectivity index (χ3v) is 4.06. The first-order valence-corrected chi connectivity index (χ1v) is 7.10. The highest BCUT2D eigenvalue weighted by atomic mass is 16.5. The van der Waals surface area contributed by atoms with Crippen molar-refractivity contribution in [3.05, 3.63) is 59.4 Å². The molecule has 0 amide bonds. The molecule has 21 heavy (non-hydrogen) atoms. The van der Waals surface area contributed by atoms with E-state index in [-0.39, 0.29) is 0 Å². The number of nitrogens with zero attached hydrogens (tertiary/aromatic N) is 2. The maximum atomic E-state index is 5.47. The number of aryl methyl sites for hydroxylation is 2. The van der Waals surface area contributed by atoms with Crippen molar-refractivity contribution in [1.82, 2.24) is 9.72 Å². The maximum absolute atomic E-state index is 5.47. The van der Waals surface area contributed by atoms with E-state index in [9.17, 15) is 0 Å². The Morgan fingerprint density at radius 3 is 3.05 bits per heavy atom. The second-order valence-electron chi connectivity index (χ2n) is 5.35. The molecule has 0 aliphatic heterocycles. The molecule has 0 spiro atoms. The number of ether oxygens (including phenoxy) is 1. The topological polar surface area (TPSA) is 40.2 Å². The van der Waals surface area contributed by atoms with E-state index >= 15 is 0 Å². The van der Waals surface area contributed by atoms with Gasteiger partial charge in [-0.1, -0.05) is 17.3 Å². The van der Waals surface area contributed by atoms with Crippen molar-refractivity contribution in [3.63, 3.8) is 0 Å². The normalized spacial score (nSPS) is 12.8. The summed E-state index contributed by atoms with van der Waals surface area (Å²) in [6.07, 6.45) is 6.02. The van der Waals surface area contributed by atoms with Crippen LogP contribution in [0.3, 0.4) is 0 Å². The van der Waals surface area contributed by atoms with Gasteiger partial charge in [-0.15, -0.1) is 0 Å². The number of fused-ring (bicyclic) bond motifs is 3. The summed E-state index contributed by atoms with van der Waals surface area (Å²) >= 11 is 0. The summed E-state index contributed by atoms with van der Waals surface area (Å²) < 4.78 is 13.0. The van der Waals surface area contributed by atoms with Crippen LogP contribution < -0.4 is 4.74 Å². The average molecular weight is 280 g/mol. The number of benzene rings is 1. The zero-order chi connectivity index (χ0) is 14.2. The zero-order valence-corrected chi connectivity index (χ0v) is 11.9. The van der Waals surface area contributed by atoms with Gasteiger partial charge in [0.25, 0.3) is 0 Å². The molecule has 0 unspecified atom stereocenters. The van der Waals surface area contributed by atoms with Crippen LogP contribution in [0.15, 0.2) is 47.2 Å². The van der Waals surface area contributed by atoms with Crippen molar-refractivity contribution >= 4 is 0 Å². The van der Waals surface area contributed by atoms with E-state index in [0.717, 1.165) is 36.6 Å². The lowest BCUT2D eigenvalue weighted by molar-refractivity contribution is 0.414. The molecule has 0 fully saturated rings. The second kappa shape index (κ2) is 4.81. The van der Waals surface area contributed by atoms with Gasteiger partial charge in [0.1, 0.15) is 5.75 Å². The number of methoxy groups -OCH3 is 1. The lowest BCUT2D eigenvalue weighted by atomic mass is 9.97. The van der Waals surface area contributed by atoms with Crippen LogP contribution in [0.2, 0.25) is 0 Å². The SMILES string of the molecule is COc1cccc(Cn2ccc3c2-c2oncc2CC3)c1. The fourth-order valence-electron chi connectivity index (χ4n) is 3.00. The minimum atomic E-state index is 0.798. The molecule has 1 aromatic carbocycles. The van der Waals surface area contributed by atoms with Crippen LogP contribution in [0.25, 0.3) is 11.5 Å². The van der Waals surface area contributed by atoms with Crippen LogP contribution in [0.4, 0.5) is 0 Å². The van der Waals surface area contributed by atoms with Crippen molar-refractivity contribution < 1.29 is 9.26 Å². The van der Waals surface area contributed by atoms with E-state index in [2.05, 4.69) is 34.1 Å². The molecule has 1 aliphatic rings. The van der Waals surface area contributed by atoms with Gasteiger partial charge in [0.05, 0.1) is 19.0 Å². The summed E-state index contributed by atoms with van der Waals surface area (Å²) in [7, 11) is 1.69. The van der Waals surface area contributed by atoms with Crippen molar-refractivity contribution in [2.75, 3.05) is 7.11 Å². The number of hydrogen-bond acceptors (Lipinski definition) is 3. The van der Waals surface area contributed by atoms with E-state index in [4.69, 9.17) is 9.26 Å². The van der Waals surface area contributed by atoms with Crippen LogP contribution in [0.5, 0.6) is 5.75 Å². The lowest BCUT2D eigenvalue weighted by Gasteiger charge is -2.14. The summed E-state index contributed by atoms with van der Waals surface area (Å²) in [4.78, 5) is 0. The first-order valence-electron chi connectivity index (χ1n) is 7.10. The van der Waals surface area contributed by atoms with Crippen LogP contribution in [-0.2, 0) is 19.4 Å². The van der Waals surface area contributed by atoms with Crippen molar-refractivity contribution in [1.29, 1.82) is 0 Å². The molecule has 0 N–H and O–H groups in total. The Morgan fingerprint density at radius 2 is 2.14 bits per heavy atom. The van der Waals surface area contributed by atoms with Crippen molar-refractivity contribution in [3.8, 4) is 17.2 Å². The minimum absolute atomic E-state index is 0.798. The van der Waals surface area contributed by atoms with Crippen LogP contribution >= 0.6 is 0 Å². The van der Waals surface area contributed by atoms with Gasteiger partial charge in [-0.25, -0.2) is 0 Å². The third-order valence-electron chi connectivity index (χ3n) is 4.06. The summed E-state index contributed by atoms with van der Waals surface area (Å²) in [5.41, 5.74) is 4.91. The molecule has 4 heteroatoms. The number of rotatable bonds is 3. The Kier molecular flexibility index (Phi) is 2.81. The number of hydrogen-bond donors (Lipinski definition) is 0. The van der Waals surface area contributed by atoms with Gasteiger partial charge in [0.2, 0.25) is 0 Å². The van der Waals surface area contributed by atoms with E-state index in [1.807, 2.05) is 18.3 Å². The van der Waals surface area contributed by atoms with Crippen molar-refractivity contribution in [2.24, 2.45) is 0 Å². The molecule has 2 heterocycles. The highest BCUT2D eigenvalue weighted by Crippen LogP contribution is 2.34. The minimum Gasteiger partial charge on any atom is -0.497 e. The molecule has 0 saturated carbocycles. The van der Waals surface area contributed by atoms with E-state index in [1.165, 1.54) is 16.7 Å². The predicted molar refractivity (Wildman–Crippen MR) is 79.4 cm³/mol. The van der Waals surface area contributed by atoms with E-state index in [1.54, 1.807) is 7.11 Å². The fourth-order valence-corrected chi connectivity index (χ4v) is 3.00. The van der Waals surface area contributed by atoms with E-state index < -0.39 is 0 Å². The Bertz CT molecular complexity index is 786. The Hall–Kier alpha value is -2.49. The van der Waals surface area contributed by atoms with Gasteiger partial charge in [-0.3, -0.25) is 0 Å². The fraction of sp³-hybridized carbons (Fsp3) is 0.235. The summed E-state index contributed by atoms with van der Waals surface area (Å²) in [5, 5.41) is 3.95. The first kappa shape index (κ1) is 12.3. The molecular formula is C17H16N2O2. The molecule has 106 valence electrons. The van der Waals surface area contributed by atoms with Gasteiger partial charge >= 0.3 is 0 Å². The predicted octanol–water partition coefficient (Wildman–Crippen LogP) is 3.30. The molecule has 0 bridgehead atoms. The lowest BCUT2D eigenvalue weighted by Crippen LogP contribution is -2.06. The van der Waals surface area contributed by atoms with Crippen molar-refractivity contribution in [2.45, 2.75) is 19.4 Å². The standard InChI is InChI=1S/C17H16N2O2/c1-20-15-4-2-3-12(9-15)11-19-8-7-13-5-6-14-10-18-21-17(14)16(13)19/h2-4,7-10H,5-6,11H2,1H3. The summed E-state index contributed by atoms with van der Waals surface area (Å²) in [6.45, 7) is 0.798. The zero-order valence-electron chi connectivity index (χ0n) is 11.9. The van der Waals surface area contributed by atoms with Gasteiger partial charge < -0.3 is 13.8 Å². The van der Waals surface area contributed by atoms with Gasteiger partial charge in [-0.2, -0.15) is 0 Å². The molecule has 1 aliphatic carbocycles. The van der Waals surface area contributed by atoms with Gasteiger partial charge in [-0.05, 0) is 42.2 Å². The summed E-state index contributed by atoms with van der Waals surface area (Å²) in [5.74, 6) is 1.80. The molecule has 0 atom stereocenters. The molecule has 0 radical (unpaired) electrons. The first-order chi connectivity index (χ1) is 10.3. The van der Waals surface area contributed by atoms with Gasteiger partial charge in [0, 0.05) is 18.3 Å². The molecule has 2 aromatic heterocycles. The van der Waals surface area contributed by atoms with Crippen LogP contribution in [-0.4, -0.2) is 16.8 Å². The monoisotopic (exact) mass is 280 g/mol. The molecule has 0 saturated heterocycles. The Morgan fingerprint density at radius 1 is 1.24 bits per heavy atom. The quantitative estimate of drug-likeness (QED) is 0.739. The third kappa shape index (κ3) is 2.03. The molecule has 4 rings (SSSR count).